The van der Waals surface area contributed by atoms with Gasteiger partial charge in [0.05, 0.1) is 25.5 Å². The average Bonchev–Trinajstić information content (AvgIpc) is 3.03. The molecule has 0 spiro atoms. The molecule has 1 saturated heterocycles. The number of alkyl halides is 1. The third-order valence-electron chi connectivity index (χ3n) is 4.32. The summed E-state index contributed by atoms with van der Waals surface area (Å²) in [7, 11) is -3.58. The van der Waals surface area contributed by atoms with Gasteiger partial charge in [0, 0.05) is 24.5 Å². The largest absolute Gasteiger partial charge is 0.444 e. The first-order valence-corrected chi connectivity index (χ1v) is 10.3. The number of hydrogen-bond acceptors (Lipinski definition) is 6. The van der Waals surface area contributed by atoms with Gasteiger partial charge in [0.25, 0.3) is 0 Å². The van der Waals surface area contributed by atoms with Crippen molar-refractivity contribution in [2.75, 3.05) is 25.9 Å². The van der Waals surface area contributed by atoms with Gasteiger partial charge in [-0.25, -0.2) is 17.8 Å². The van der Waals surface area contributed by atoms with Crippen LogP contribution in [0.3, 0.4) is 0 Å². The second-order valence-electron chi connectivity index (χ2n) is 7.81. The Kier molecular flexibility index (Phi) is 6.09. The summed E-state index contributed by atoms with van der Waals surface area (Å²) in [4.78, 5) is 16.9. The van der Waals surface area contributed by atoms with E-state index in [-0.39, 0.29) is 43.9 Å². The zero-order valence-corrected chi connectivity index (χ0v) is 16.4. The lowest BCUT2D eigenvalue weighted by Crippen LogP contribution is -2.45. The van der Waals surface area contributed by atoms with Gasteiger partial charge in [-0.05, 0) is 6.42 Å². The SMILES string of the molecule is CC(C)(C)c1cnc(CN(C[C@@H]2C[C@H](F)CN2CC(N)=O)S(C)(=O)=O)o1. The highest BCUT2D eigenvalue weighted by atomic mass is 32.2. The van der Waals surface area contributed by atoms with Crippen LogP contribution in [0.2, 0.25) is 0 Å². The third-order valence-corrected chi connectivity index (χ3v) is 5.54. The summed E-state index contributed by atoms with van der Waals surface area (Å²) < 4.78 is 45.0. The lowest BCUT2D eigenvalue weighted by atomic mass is 9.94. The number of sulfonamides is 1. The van der Waals surface area contributed by atoms with Crippen LogP contribution in [-0.4, -0.2) is 66.6 Å². The average molecular weight is 390 g/mol. The molecule has 8 nitrogen and oxygen atoms in total. The fourth-order valence-electron chi connectivity index (χ4n) is 2.94. The molecule has 2 heterocycles. The molecular weight excluding hydrogens is 363 g/mol. The molecule has 26 heavy (non-hydrogen) atoms. The second-order valence-corrected chi connectivity index (χ2v) is 9.79. The Morgan fingerprint density at radius 2 is 2.15 bits per heavy atom. The second kappa shape index (κ2) is 7.61. The molecule has 0 unspecified atom stereocenters. The lowest BCUT2D eigenvalue weighted by molar-refractivity contribution is -0.119. The van der Waals surface area contributed by atoms with Crippen LogP contribution >= 0.6 is 0 Å². The number of rotatable bonds is 7. The normalized spacial score (nSPS) is 22.2. The van der Waals surface area contributed by atoms with E-state index in [9.17, 15) is 17.6 Å². The minimum atomic E-state index is -3.58. The number of nitrogens with zero attached hydrogens (tertiary/aromatic N) is 3. The fraction of sp³-hybridized carbons (Fsp3) is 0.750. The van der Waals surface area contributed by atoms with E-state index >= 15 is 0 Å². The summed E-state index contributed by atoms with van der Waals surface area (Å²) in [5.41, 5.74) is 4.96. The Morgan fingerprint density at radius 3 is 2.65 bits per heavy atom. The smallest absolute Gasteiger partial charge is 0.231 e. The van der Waals surface area contributed by atoms with Crippen LogP contribution in [0.15, 0.2) is 10.6 Å². The van der Waals surface area contributed by atoms with Gasteiger partial charge in [-0.3, -0.25) is 9.69 Å². The van der Waals surface area contributed by atoms with E-state index in [4.69, 9.17) is 10.2 Å². The summed E-state index contributed by atoms with van der Waals surface area (Å²) in [6, 6.07) is -0.427. The Labute approximate surface area is 153 Å². The fourth-order valence-corrected chi connectivity index (χ4v) is 3.73. The van der Waals surface area contributed by atoms with E-state index < -0.39 is 28.1 Å². The van der Waals surface area contributed by atoms with Crippen LogP contribution in [0.4, 0.5) is 4.39 Å². The number of likely N-dealkylation sites (tertiary alicyclic amines) is 1. The predicted molar refractivity (Wildman–Crippen MR) is 94.5 cm³/mol. The van der Waals surface area contributed by atoms with Crippen LogP contribution < -0.4 is 5.73 Å². The number of carbonyl (C=O) groups excluding carboxylic acids is 1. The molecule has 1 aliphatic rings. The first-order valence-electron chi connectivity index (χ1n) is 8.43. The molecule has 0 bridgehead atoms. The minimum Gasteiger partial charge on any atom is -0.444 e. The number of halogens is 1. The molecule has 1 aromatic heterocycles. The molecule has 10 heteroatoms. The number of carbonyl (C=O) groups is 1. The van der Waals surface area contributed by atoms with Gasteiger partial charge >= 0.3 is 0 Å². The molecule has 1 amide bonds. The predicted octanol–water partition coefficient (Wildman–Crippen LogP) is 0.631. The van der Waals surface area contributed by atoms with Crippen LogP contribution in [0, 0.1) is 0 Å². The molecule has 148 valence electrons. The van der Waals surface area contributed by atoms with Gasteiger partial charge in [-0.2, -0.15) is 4.31 Å². The van der Waals surface area contributed by atoms with Crippen LogP contribution in [0.5, 0.6) is 0 Å². The summed E-state index contributed by atoms with van der Waals surface area (Å²) in [6.07, 6.45) is 1.71. The van der Waals surface area contributed by atoms with E-state index in [0.717, 1.165) is 6.26 Å². The van der Waals surface area contributed by atoms with Gasteiger partial charge in [-0.15, -0.1) is 0 Å². The molecule has 1 aromatic rings. The van der Waals surface area contributed by atoms with Crippen molar-refractivity contribution in [2.24, 2.45) is 5.73 Å². The number of primary amides is 1. The monoisotopic (exact) mass is 390 g/mol. The third kappa shape index (κ3) is 5.49. The maximum Gasteiger partial charge on any atom is 0.231 e. The van der Waals surface area contributed by atoms with E-state index in [1.807, 2.05) is 20.8 Å². The maximum atomic E-state index is 13.8. The molecule has 2 N–H and O–H groups in total. The lowest BCUT2D eigenvalue weighted by Gasteiger charge is -2.27. The number of aromatic nitrogens is 1. The highest BCUT2D eigenvalue weighted by Gasteiger charge is 2.36. The number of amides is 1. The van der Waals surface area contributed by atoms with E-state index in [1.165, 1.54) is 4.31 Å². The molecule has 0 saturated carbocycles. The van der Waals surface area contributed by atoms with Gasteiger partial charge in [-0.1, -0.05) is 20.8 Å². The Balaban J connectivity index is 2.15. The van der Waals surface area contributed by atoms with Crippen LogP contribution in [0.1, 0.15) is 38.8 Å². The Morgan fingerprint density at radius 1 is 1.50 bits per heavy atom. The van der Waals surface area contributed by atoms with Crippen molar-refractivity contribution >= 4 is 15.9 Å². The van der Waals surface area contributed by atoms with Crippen molar-refractivity contribution in [2.45, 2.75) is 51.4 Å². The molecule has 1 aliphatic heterocycles. The Bertz CT molecular complexity index is 744. The molecule has 1 fully saturated rings. The minimum absolute atomic E-state index is 0.0414. The highest BCUT2D eigenvalue weighted by Crippen LogP contribution is 2.25. The first-order chi connectivity index (χ1) is 11.9. The van der Waals surface area contributed by atoms with Gasteiger partial charge < -0.3 is 10.2 Å². The summed E-state index contributed by atoms with van der Waals surface area (Å²) in [6.45, 7) is 5.86. The van der Waals surface area contributed by atoms with Crippen molar-refractivity contribution in [3.63, 3.8) is 0 Å². The van der Waals surface area contributed by atoms with Crippen molar-refractivity contribution in [3.05, 3.63) is 17.8 Å². The van der Waals surface area contributed by atoms with E-state index in [0.29, 0.717) is 5.76 Å². The quantitative estimate of drug-likeness (QED) is 0.731. The van der Waals surface area contributed by atoms with Crippen molar-refractivity contribution in [1.82, 2.24) is 14.2 Å². The van der Waals surface area contributed by atoms with Crippen molar-refractivity contribution in [1.29, 1.82) is 0 Å². The summed E-state index contributed by atoms with van der Waals surface area (Å²) in [5, 5.41) is 0. The topological polar surface area (TPSA) is 110 Å². The summed E-state index contributed by atoms with van der Waals surface area (Å²) >= 11 is 0. The zero-order chi connectivity index (χ0) is 19.7. The van der Waals surface area contributed by atoms with Gasteiger partial charge in [0.2, 0.25) is 21.8 Å². The summed E-state index contributed by atoms with van der Waals surface area (Å²) in [5.74, 6) is 0.357. The molecule has 2 rings (SSSR count). The zero-order valence-electron chi connectivity index (χ0n) is 15.6. The maximum absolute atomic E-state index is 13.8. The van der Waals surface area contributed by atoms with E-state index in [2.05, 4.69) is 4.98 Å². The molecule has 0 radical (unpaired) electrons. The molecule has 0 aliphatic carbocycles. The van der Waals surface area contributed by atoms with E-state index in [1.54, 1.807) is 11.1 Å². The van der Waals surface area contributed by atoms with Crippen LogP contribution in [0.25, 0.3) is 0 Å². The highest BCUT2D eigenvalue weighted by molar-refractivity contribution is 7.88. The van der Waals surface area contributed by atoms with Crippen molar-refractivity contribution < 1.29 is 22.0 Å². The van der Waals surface area contributed by atoms with Gasteiger partial charge in [0.15, 0.2) is 0 Å². The Hall–Kier alpha value is -1.52. The molecular formula is C16H27FN4O4S. The number of hydrogen-bond donors (Lipinski definition) is 1. The standard InChI is InChI=1S/C16H27FN4O4S/c1-16(2,3)13-6-19-15(25-13)10-21(26(4,23)24)8-12-5-11(17)7-20(12)9-14(18)22/h6,11-12H,5,7-10H2,1-4H3,(H2,18,22)/t11-,12-/m0/s1. The van der Waals surface area contributed by atoms with Crippen LogP contribution in [-0.2, 0) is 26.8 Å². The van der Waals surface area contributed by atoms with Crippen molar-refractivity contribution in [3.8, 4) is 0 Å². The number of oxazole rings is 1. The molecule has 2 atom stereocenters. The number of nitrogens with two attached hydrogens (primary N) is 1. The molecule has 0 aromatic carbocycles. The first kappa shape index (κ1) is 20.8. The van der Waals surface area contributed by atoms with Gasteiger partial charge in [0.1, 0.15) is 11.9 Å².